The Bertz CT molecular complexity index is 1010. The first-order valence-corrected chi connectivity index (χ1v) is 9.55. The smallest absolute Gasteiger partial charge is 0.291 e. The SMILES string of the molecule is COc1cc(/C=N\NC(=O)c2nc(-c3ccccc3)sc2C)cc(OC)c1OC. The zero-order valence-electron chi connectivity index (χ0n) is 16.6. The van der Waals surface area contributed by atoms with E-state index in [1.165, 1.54) is 38.9 Å². The third kappa shape index (κ3) is 4.55. The Morgan fingerprint density at radius 3 is 2.31 bits per heavy atom. The first-order valence-electron chi connectivity index (χ1n) is 8.73. The number of hydrogen-bond donors (Lipinski definition) is 1. The number of aromatic nitrogens is 1. The number of rotatable bonds is 7. The largest absolute Gasteiger partial charge is 0.493 e. The molecule has 1 aromatic heterocycles. The molecule has 1 amide bonds. The molecule has 0 aliphatic carbocycles. The van der Waals surface area contributed by atoms with Crippen LogP contribution in [0.3, 0.4) is 0 Å². The molecule has 0 aliphatic heterocycles. The number of methoxy groups -OCH3 is 3. The van der Waals surface area contributed by atoms with Crippen molar-refractivity contribution in [3.8, 4) is 27.8 Å². The van der Waals surface area contributed by atoms with E-state index in [0.717, 1.165) is 15.4 Å². The maximum absolute atomic E-state index is 12.5. The summed E-state index contributed by atoms with van der Waals surface area (Å²) in [6.45, 7) is 1.86. The molecule has 0 saturated carbocycles. The molecule has 0 spiro atoms. The van der Waals surface area contributed by atoms with Gasteiger partial charge in [-0.3, -0.25) is 4.79 Å². The van der Waals surface area contributed by atoms with Crippen LogP contribution in [0.2, 0.25) is 0 Å². The molecule has 3 aromatic rings. The van der Waals surface area contributed by atoms with Gasteiger partial charge in [0.15, 0.2) is 11.5 Å². The second-order valence-corrected chi connectivity index (χ2v) is 7.15. The van der Waals surface area contributed by atoms with Crippen LogP contribution in [0.15, 0.2) is 47.6 Å². The van der Waals surface area contributed by atoms with Crippen molar-refractivity contribution in [2.75, 3.05) is 21.3 Å². The lowest BCUT2D eigenvalue weighted by atomic mass is 10.2. The number of carbonyl (C=O) groups excluding carboxylic acids is 1. The van der Waals surface area contributed by atoms with Gasteiger partial charge in [-0.25, -0.2) is 10.4 Å². The molecule has 1 heterocycles. The summed E-state index contributed by atoms with van der Waals surface area (Å²) in [4.78, 5) is 17.8. The minimum absolute atomic E-state index is 0.357. The molecule has 29 heavy (non-hydrogen) atoms. The van der Waals surface area contributed by atoms with E-state index in [2.05, 4.69) is 15.5 Å². The molecule has 0 unspecified atom stereocenters. The number of hydrazone groups is 1. The summed E-state index contributed by atoms with van der Waals surface area (Å²) in [5.74, 6) is 1.12. The third-order valence-corrected chi connectivity index (χ3v) is 5.12. The van der Waals surface area contributed by atoms with Crippen molar-refractivity contribution in [1.82, 2.24) is 10.4 Å². The van der Waals surface area contributed by atoms with E-state index in [4.69, 9.17) is 14.2 Å². The molecule has 7 nitrogen and oxygen atoms in total. The van der Waals surface area contributed by atoms with Crippen molar-refractivity contribution in [2.24, 2.45) is 5.10 Å². The zero-order chi connectivity index (χ0) is 20.8. The maximum atomic E-state index is 12.5. The van der Waals surface area contributed by atoms with E-state index in [0.29, 0.717) is 28.5 Å². The van der Waals surface area contributed by atoms with Gasteiger partial charge in [-0.1, -0.05) is 30.3 Å². The second kappa shape index (κ2) is 9.20. The topological polar surface area (TPSA) is 82.0 Å². The molecular weight excluding hydrogens is 390 g/mol. The van der Waals surface area contributed by atoms with Gasteiger partial charge in [0.25, 0.3) is 5.91 Å². The summed E-state index contributed by atoms with van der Waals surface area (Å²) in [7, 11) is 4.61. The molecule has 1 N–H and O–H groups in total. The van der Waals surface area contributed by atoms with Crippen molar-refractivity contribution in [3.05, 3.63) is 58.6 Å². The summed E-state index contributed by atoms with van der Waals surface area (Å²) in [5.41, 5.74) is 4.53. The van der Waals surface area contributed by atoms with Crippen LogP contribution in [0.25, 0.3) is 10.6 Å². The molecule has 0 fully saturated rings. The highest BCUT2D eigenvalue weighted by atomic mass is 32.1. The van der Waals surface area contributed by atoms with E-state index in [-0.39, 0.29) is 5.91 Å². The predicted molar refractivity (Wildman–Crippen MR) is 113 cm³/mol. The van der Waals surface area contributed by atoms with Crippen LogP contribution in [-0.2, 0) is 0 Å². The Morgan fingerprint density at radius 2 is 1.72 bits per heavy atom. The number of carbonyl (C=O) groups is 1. The molecule has 0 saturated heterocycles. The number of ether oxygens (including phenoxy) is 3. The van der Waals surface area contributed by atoms with Gasteiger partial charge in [0.1, 0.15) is 10.7 Å². The highest BCUT2D eigenvalue weighted by molar-refractivity contribution is 7.15. The molecule has 0 radical (unpaired) electrons. The average Bonchev–Trinajstić information content (AvgIpc) is 3.15. The third-order valence-electron chi connectivity index (χ3n) is 4.10. The van der Waals surface area contributed by atoms with Gasteiger partial charge in [0.05, 0.1) is 27.5 Å². The summed E-state index contributed by atoms with van der Waals surface area (Å²) in [6.07, 6.45) is 1.50. The van der Waals surface area contributed by atoms with Crippen LogP contribution in [0.4, 0.5) is 0 Å². The van der Waals surface area contributed by atoms with Crippen LogP contribution < -0.4 is 19.6 Å². The lowest BCUT2D eigenvalue weighted by Gasteiger charge is -2.12. The minimum Gasteiger partial charge on any atom is -0.493 e. The molecule has 0 aliphatic rings. The van der Waals surface area contributed by atoms with Crippen LogP contribution in [0.1, 0.15) is 20.9 Å². The predicted octanol–water partition coefficient (Wildman–Crippen LogP) is 3.91. The maximum Gasteiger partial charge on any atom is 0.291 e. The average molecular weight is 411 g/mol. The van der Waals surface area contributed by atoms with Crippen LogP contribution in [0.5, 0.6) is 17.2 Å². The summed E-state index contributed by atoms with van der Waals surface area (Å²) in [5, 5.41) is 4.83. The number of thiazole rings is 1. The Morgan fingerprint density at radius 1 is 1.07 bits per heavy atom. The lowest BCUT2D eigenvalue weighted by Crippen LogP contribution is -2.19. The molecule has 2 aromatic carbocycles. The summed E-state index contributed by atoms with van der Waals surface area (Å²) >= 11 is 1.47. The van der Waals surface area contributed by atoms with Gasteiger partial charge >= 0.3 is 0 Å². The van der Waals surface area contributed by atoms with Crippen molar-refractivity contribution in [1.29, 1.82) is 0 Å². The molecule has 0 atom stereocenters. The Labute approximate surface area is 173 Å². The summed E-state index contributed by atoms with van der Waals surface area (Å²) < 4.78 is 15.9. The van der Waals surface area contributed by atoms with Gasteiger partial charge in [0, 0.05) is 16.0 Å². The molecule has 8 heteroatoms. The van der Waals surface area contributed by atoms with Crippen LogP contribution >= 0.6 is 11.3 Å². The first kappa shape index (κ1) is 20.3. The molecule has 3 rings (SSSR count). The molecule has 150 valence electrons. The van der Waals surface area contributed by atoms with Gasteiger partial charge in [-0.15, -0.1) is 11.3 Å². The van der Waals surface area contributed by atoms with Crippen molar-refractivity contribution < 1.29 is 19.0 Å². The lowest BCUT2D eigenvalue weighted by molar-refractivity contribution is 0.0950. The number of aryl methyl sites for hydroxylation is 1. The van der Waals surface area contributed by atoms with E-state index < -0.39 is 0 Å². The van der Waals surface area contributed by atoms with E-state index >= 15 is 0 Å². The zero-order valence-corrected chi connectivity index (χ0v) is 17.4. The second-order valence-electron chi connectivity index (χ2n) is 5.95. The van der Waals surface area contributed by atoms with E-state index in [1.807, 2.05) is 37.3 Å². The Hall–Kier alpha value is -3.39. The molecule has 0 bridgehead atoms. The van der Waals surface area contributed by atoms with Gasteiger partial charge < -0.3 is 14.2 Å². The van der Waals surface area contributed by atoms with Crippen molar-refractivity contribution in [3.63, 3.8) is 0 Å². The van der Waals surface area contributed by atoms with E-state index in [1.54, 1.807) is 12.1 Å². The fourth-order valence-electron chi connectivity index (χ4n) is 2.71. The Kier molecular flexibility index (Phi) is 6.46. The van der Waals surface area contributed by atoms with Gasteiger partial charge in [-0.05, 0) is 19.1 Å². The highest BCUT2D eigenvalue weighted by Gasteiger charge is 2.16. The van der Waals surface area contributed by atoms with Crippen LogP contribution in [-0.4, -0.2) is 38.4 Å². The number of hydrogen-bond acceptors (Lipinski definition) is 7. The standard InChI is InChI=1S/C21H21N3O4S/c1-13-18(23-21(29-13)15-8-6-5-7-9-15)20(25)24-22-12-14-10-16(26-2)19(28-4)17(11-14)27-3/h5-12H,1-4H3,(H,24,25)/b22-12-. The van der Waals surface area contributed by atoms with Crippen molar-refractivity contribution in [2.45, 2.75) is 6.92 Å². The fourth-order valence-corrected chi connectivity index (χ4v) is 3.62. The molecular formula is C21H21N3O4S. The fraction of sp³-hybridized carbons (Fsp3) is 0.190. The highest BCUT2D eigenvalue weighted by Crippen LogP contribution is 2.37. The number of benzene rings is 2. The normalized spacial score (nSPS) is 10.8. The van der Waals surface area contributed by atoms with Gasteiger partial charge in [0.2, 0.25) is 5.75 Å². The van der Waals surface area contributed by atoms with Crippen LogP contribution in [0, 0.1) is 6.92 Å². The first-order chi connectivity index (χ1) is 14.1. The monoisotopic (exact) mass is 411 g/mol. The minimum atomic E-state index is -0.371. The van der Waals surface area contributed by atoms with Gasteiger partial charge in [-0.2, -0.15) is 5.10 Å². The quantitative estimate of drug-likeness (QED) is 0.471. The number of nitrogens with zero attached hydrogens (tertiary/aromatic N) is 2. The number of nitrogens with one attached hydrogen (secondary N) is 1. The Balaban J connectivity index is 1.76. The van der Waals surface area contributed by atoms with Crippen molar-refractivity contribution >= 4 is 23.5 Å². The van der Waals surface area contributed by atoms with E-state index in [9.17, 15) is 4.79 Å². The summed E-state index contributed by atoms with van der Waals surface area (Å²) in [6, 6.07) is 13.2. The number of amides is 1.